The zero-order chi connectivity index (χ0) is 15.6. The minimum Gasteiger partial charge on any atom is -0.367 e. The van der Waals surface area contributed by atoms with E-state index in [0.717, 1.165) is 0 Å². The van der Waals surface area contributed by atoms with Crippen LogP contribution in [0.4, 0.5) is 0 Å². The number of rotatable bonds is 3. The van der Waals surface area contributed by atoms with Gasteiger partial charge in [-0.15, -0.1) is 0 Å². The van der Waals surface area contributed by atoms with E-state index >= 15 is 0 Å². The van der Waals surface area contributed by atoms with Gasteiger partial charge in [-0.25, -0.2) is 0 Å². The molecule has 9 nitrogen and oxygen atoms in total. The molecule has 0 aliphatic rings. The van der Waals surface area contributed by atoms with Crippen LogP contribution < -0.4 is 0 Å². The summed E-state index contributed by atoms with van der Waals surface area (Å²) in [6, 6.07) is 3.50. The van der Waals surface area contributed by atoms with Crippen molar-refractivity contribution in [2.75, 3.05) is 21.3 Å². The molecule has 0 spiro atoms. The van der Waals surface area contributed by atoms with Gasteiger partial charge in [-0.1, -0.05) is 0 Å². The Morgan fingerprint density at radius 2 is 1.00 bits per heavy atom. The molecule has 108 valence electrons. The molecule has 0 aromatic heterocycles. The molecule has 0 rings (SSSR count). The maximum absolute atomic E-state index is 8.91. The molecule has 0 aromatic carbocycles. The maximum Gasteiger partial charge on any atom is 0.676 e. The van der Waals surface area contributed by atoms with Crippen molar-refractivity contribution in [3.05, 3.63) is 0 Å². The largest absolute Gasteiger partial charge is 0.676 e. The highest BCUT2D eigenvalue weighted by molar-refractivity contribution is 7.38. The lowest BCUT2D eigenvalue weighted by atomic mass is 11.0. The topological polar surface area (TPSA) is 156 Å². The van der Waals surface area contributed by atoms with Crippen molar-refractivity contribution in [3.8, 4) is 12.1 Å². The van der Waals surface area contributed by atoms with Gasteiger partial charge < -0.3 is 32.8 Å². The van der Waals surface area contributed by atoms with Gasteiger partial charge in [-0.3, -0.25) is 0 Å². The van der Waals surface area contributed by atoms with Crippen LogP contribution >= 0.6 is 8.60 Å². The Hall–Kier alpha value is -0.653. The van der Waals surface area contributed by atoms with Gasteiger partial charge >= 0.3 is 17.7 Å². The summed E-state index contributed by atoms with van der Waals surface area (Å²) in [5, 5.41) is 14.6. The van der Waals surface area contributed by atoms with Crippen LogP contribution in [0.25, 0.3) is 0 Å². The molecule has 0 atom stereocenters. The number of nitrogens with zero attached hydrogens (tertiary/aromatic N) is 2. The van der Waals surface area contributed by atoms with Crippen LogP contribution in [0.1, 0.15) is 13.8 Å². The Morgan fingerprint density at radius 1 is 0.889 bits per heavy atom. The van der Waals surface area contributed by atoms with E-state index in [9.17, 15) is 0 Å². The van der Waals surface area contributed by atoms with Crippen molar-refractivity contribution in [2.24, 2.45) is 0 Å². The number of hydrogen-bond donors (Lipinski definition) is 4. The van der Waals surface area contributed by atoms with E-state index in [2.05, 4.69) is 13.3 Å². The second kappa shape index (κ2) is 21.6. The summed E-state index contributed by atoms with van der Waals surface area (Å²) < 4.78 is 13.5. The molecule has 0 amide bonds. The van der Waals surface area contributed by atoms with Gasteiger partial charge in [0.2, 0.25) is 0 Å². The van der Waals surface area contributed by atoms with Gasteiger partial charge in [0.15, 0.2) is 0 Å². The molecule has 0 saturated carbocycles. The summed E-state index contributed by atoms with van der Waals surface area (Å²) in [4.78, 5) is 30.6. The average Bonchev–Trinajstić information content (AvgIpc) is 2.29. The zero-order valence-corrected chi connectivity index (χ0v) is 12.7. The van der Waals surface area contributed by atoms with Crippen LogP contribution in [0.5, 0.6) is 0 Å². The highest BCUT2D eigenvalue weighted by Crippen LogP contribution is 2.11. The third kappa shape index (κ3) is 45.3. The van der Waals surface area contributed by atoms with Crippen LogP contribution in [0, 0.1) is 22.7 Å². The first-order valence-electron chi connectivity index (χ1n) is 4.11. The second-order valence-electron chi connectivity index (χ2n) is 1.85. The molecule has 0 radical (unpaired) electrons. The number of hydrogen-bond acceptors (Lipinski definition) is 9. The molecule has 0 bridgehead atoms. The van der Waals surface area contributed by atoms with Crippen molar-refractivity contribution in [1.29, 1.82) is 10.5 Å². The van der Waals surface area contributed by atoms with Gasteiger partial charge in [0.25, 0.3) is 0 Å². The molecular formula is C7H19N2O7PSi. The molecule has 11 heteroatoms. The van der Waals surface area contributed by atoms with Crippen molar-refractivity contribution >= 4 is 17.7 Å². The molecule has 18 heavy (non-hydrogen) atoms. The predicted molar refractivity (Wildman–Crippen MR) is 65.2 cm³/mol. The van der Waals surface area contributed by atoms with Crippen molar-refractivity contribution in [3.63, 3.8) is 0 Å². The smallest absolute Gasteiger partial charge is 0.367 e. The highest BCUT2D eigenvalue weighted by Gasteiger charge is 2.36. The molecule has 0 heterocycles. The molecule has 0 aliphatic heterocycles. The van der Waals surface area contributed by atoms with E-state index < -0.39 is 17.7 Å². The molecule has 4 N–H and O–H groups in total. The van der Waals surface area contributed by atoms with E-state index in [1.165, 1.54) is 35.2 Å². The van der Waals surface area contributed by atoms with Crippen LogP contribution in [0.3, 0.4) is 0 Å². The fourth-order valence-corrected chi connectivity index (χ4v) is 0.750. The maximum atomic E-state index is 8.91. The van der Waals surface area contributed by atoms with Gasteiger partial charge in [0.1, 0.15) is 0 Å². The summed E-state index contributed by atoms with van der Waals surface area (Å²) in [7, 11) is -1.79. The third-order valence-corrected chi connectivity index (χ3v) is 2.32. The highest BCUT2D eigenvalue weighted by atomic mass is 31.2. The quantitative estimate of drug-likeness (QED) is 0.402. The van der Waals surface area contributed by atoms with E-state index in [1.54, 1.807) is 12.1 Å². The molecule has 0 fully saturated rings. The monoisotopic (exact) mass is 302 g/mol. The Labute approximate surface area is 109 Å². The summed E-state index contributed by atoms with van der Waals surface area (Å²) in [5.74, 6) is 0. The van der Waals surface area contributed by atoms with E-state index in [0.29, 0.717) is 0 Å². The van der Waals surface area contributed by atoms with E-state index in [1.807, 2.05) is 0 Å². The van der Waals surface area contributed by atoms with Gasteiger partial charge in [0, 0.05) is 35.2 Å². The van der Waals surface area contributed by atoms with Crippen LogP contribution in [-0.4, -0.2) is 49.9 Å². The summed E-state index contributed by atoms with van der Waals surface area (Å²) in [6.45, 7) is 2.86. The van der Waals surface area contributed by atoms with Crippen LogP contribution in [0.15, 0.2) is 0 Å². The van der Waals surface area contributed by atoms with Gasteiger partial charge in [-0.05, 0) is 0 Å². The predicted octanol–water partition coefficient (Wildman–Crippen LogP) is -0.397. The lowest BCUT2D eigenvalue weighted by molar-refractivity contribution is 0.0418. The SMILES string of the molecule is CC#N.CC#N.CO[Si](O)(OC)OC.OP(O)O. The first-order chi connectivity index (χ1) is 8.24. The summed E-state index contributed by atoms with van der Waals surface area (Å²) >= 11 is 0. The van der Waals surface area contributed by atoms with E-state index in [-0.39, 0.29) is 0 Å². The van der Waals surface area contributed by atoms with Gasteiger partial charge in [-0.2, -0.15) is 10.5 Å². The fraction of sp³-hybridized carbons (Fsp3) is 0.714. The van der Waals surface area contributed by atoms with E-state index in [4.69, 9.17) is 30.0 Å². The standard InChI is InChI=1S/C3H10O4Si.2C2H3N.H3O3P/c1-5-8(4,6-2)7-3;2*1-2-3;1-4(2)3/h4H,1-3H3;2*1H3;1-3H. The van der Waals surface area contributed by atoms with Crippen molar-refractivity contribution < 1.29 is 32.8 Å². The van der Waals surface area contributed by atoms with Gasteiger partial charge in [0.05, 0.1) is 12.1 Å². The minimum atomic E-state index is -3.17. The first-order valence-corrected chi connectivity index (χ1v) is 6.98. The lowest BCUT2D eigenvalue weighted by Gasteiger charge is -2.14. The zero-order valence-electron chi connectivity index (χ0n) is 10.9. The molecule has 0 unspecified atom stereocenters. The minimum absolute atomic E-state index is 1.33. The lowest BCUT2D eigenvalue weighted by Crippen LogP contribution is -2.42. The fourth-order valence-electron chi connectivity index (χ4n) is 0.250. The Morgan fingerprint density at radius 3 is 1.00 bits per heavy atom. The Kier molecular flexibility index (Phi) is 31.2. The first kappa shape index (κ1) is 26.0. The second-order valence-corrected chi connectivity index (χ2v) is 4.66. The summed E-state index contributed by atoms with van der Waals surface area (Å²) in [6.07, 6.45) is 0. The van der Waals surface area contributed by atoms with Crippen LogP contribution in [0.2, 0.25) is 0 Å². The summed E-state index contributed by atoms with van der Waals surface area (Å²) in [5.41, 5.74) is 0. The Balaban J connectivity index is -0.0000000827. The normalized spacial score (nSPS) is 8.22. The third-order valence-electron chi connectivity index (χ3n) is 0.774. The molecular weight excluding hydrogens is 283 g/mol. The van der Waals surface area contributed by atoms with Crippen LogP contribution in [-0.2, 0) is 13.3 Å². The Bertz CT molecular complexity index is 204. The molecule has 0 saturated heterocycles. The molecule has 0 aliphatic carbocycles. The molecule has 0 aromatic rings. The van der Waals surface area contributed by atoms with Crippen molar-refractivity contribution in [2.45, 2.75) is 13.8 Å². The average molecular weight is 302 g/mol. The van der Waals surface area contributed by atoms with Crippen molar-refractivity contribution in [1.82, 2.24) is 0 Å². The number of nitriles is 2.